The molecule has 1 nitrogen and oxygen atoms in total. The van der Waals surface area contributed by atoms with E-state index >= 15 is 0 Å². The third-order valence-corrected chi connectivity index (χ3v) is 13.8. The number of carbonyl (C=O) groups is 1. The summed E-state index contributed by atoms with van der Waals surface area (Å²) in [6, 6.07) is 0. The molecule has 0 aromatic carbocycles. The van der Waals surface area contributed by atoms with Crippen molar-refractivity contribution in [2.75, 3.05) is 0 Å². The van der Waals surface area contributed by atoms with Gasteiger partial charge in [-0.2, -0.15) is 0 Å². The van der Waals surface area contributed by atoms with Gasteiger partial charge in [-0.3, -0.25) is 4.79 Å². The van der Waals surface area contributed by atoms with E-state index in [-0.39, 0.29) is 0 Å². The molecule has 0 aliphatic heterocycles. The lowest BCUT2D eigenvalue weighted by Crippen LogP contribution is -2.35. The van der Waals surface area contributed by atoms with Crippen LogP contribution >= 0.6 is 0 Å². The zero-order chi connectivity index (χ0) is 24.4. The lowest BCUT2D eigenvalue weighted by atomic mass is 9.64. The van der Waals surface area contributed by atoms with E-state index in [1.165, 1.54) is 62.5 Å². The molecule has 0 amide bonds. The molecule has 0 saturated heterocycles. The highest BCUT2D eigenvalue weighted by molar-refractivity contribution is 5.79. The first kappa shape index (κ1) is 23.5. The Morgan fingerprint density at radius 2 is 1.15 bits per heavy atom. The fourth-order valence-corrected chi connectivity index (χ4v) is 12.8. The van der Waals surface area contributed by atoms with E-state index in [2.05, 4.69) is 54.7 Å². The largest absolute Gasteiger partial charge is 0.300 e. The van der Waals surface area contributed by atoms with Gasteiger partial charge in [0.1, 0.15) is 5.78 Å². The van der Waals surface area contributed by atoms with Crippen LogP contribution in [0.4, 0.5) is 0 Å². The number of fused-ring (bicyclic) bond motifs is 2. The zero-order valence-electron chi connectivity index (χ0n) is 23.0. The van der Waals surface area contributed by atoms with Crippen molar-refractivity contribution >= 4 is 5.78 Å². The van der Waals surface area contributed by atoms with Crippen molar-refractivity contribution in [1.29, 1.82) is 0 Å². The van der Waals surface area contributed by atoms with Crippen molar-refractivity contribution in [2.45, 2.75) is 106 Å². The highest BCUT2D eigenvalue weighted by Gasteiger charge is 2.68. The highest BCUT2D eigenvalue weighted by atomic mass is 16.1. The van der Waals surface area contributed by atoms with Crippen LogP contribution in [0.15, 0.2) is 24.3 Å². The van der Waals surface area contributed by atoms with E-state index in [0.29, 0.717) is 63.0 Å². The summed E-state index contributed by atoms with van der Waals surface area (Å²) in [5.74, 6) is 6.08. The average molecular weight is 463 g/mol. The summed E-state index contributed by atoms with van der Waals surface area (Å²) < 4.78 is 0. The van der Waals surface area contributed by atoms with Crippen molar-refractivity contribution in [2.24, 2.45) is 69.0 Å². The number of hydrogen-bond donors (Lipinski definition) is 0. The molecule has 4 bridgehead atoms. The van der Waals surface area contributed by atoms with Crippen LogP contribution in [-0.4, -0.2) is 5.78 Å². The number of rotatable bonds is 4. The van der Waals surface area contributed by atoms with Crippen molar-refractivity contribution in [1.82, 2.24) is 0 Å². The maximum atomic E-state index is 13.8. The summed E-state index contributed by atoms with van der Waals surface area (Å²) in [5.41, 5.74) is 4.58. The van der Waals surface area contributed by atoms with Crippen LogP contribution in [0, 0.1) is 69.0 Å². The third-order valence-electron chi connectivity index (χ3n) is 13.8. The molecule has 2 spiro atoms. The van der Waals surface area contributed by atoms with E-state index in [1.807, 2.05) is 0 Å². The number of carbonyl (C=O) groups excluding carboxylic acids is 1. The first-order chi connectivity index (χ1) is 15.8. The van der Waals surface area contributed by atoms with Crippen molar-refractivity contribution in [3.8, 4) is 0 Å². The van der Waals surface area contributed by atoms with Gasteiger partial charge in [0.05, 0.1) is 0 Å². The van der Waals surface area contributed by atoms with Crippen LogP contribution in [-0.2, 0) is 4.79 Å². The molecule has 188 valence electrons. The second-order valence-corrected chi connectivity index (χ2v) is 15.6. The second-order valence-electron chi connectivity index (χ2n) is 15.6. The molecule has 6 fully saturated rings. The standard InChI is InChI=1S/C33H50O/c1-19-9-11-32-17-26(19)30(5,6)28(32)23(13-21(32)3)15-25(34)16-24-14-22(4)33-12-10-20(2)27(18-33)31(7,8)29(24)33/h21-24,26-29H,1-2,9-18H2,3-8H3. The van der Waals surface area contributed by atoms with Crippen LogP contribution in [0.5, 0.6) is 0 Å². The molecule has 34 heavy (non-hydrogen) atoms. The Hall–Kier alpha value is -0.850. The maximum Gasteiger partial charge on any atom is 0.133 e. The summed E-state index contributed by atoms with van der Waals surface area (Å²) >= 11 is 0. The van der Waals surface area contributed by atoms with Crippen molar-refractivity contribution in [3.63, 3.8) is 0 Å². The second kappa shape index (κ2) is 7.13. The number of hydrogen-bond acceptors (Lipinski definition) is 1. The predicted octanol–water partition coefficient (Wildman–Crippen LogP) is 8.65. The lowest BCUT2D eigenvalue weighted by Gasteiger charge is -2.40. The quantitative estimate of drug-likeness (QED) is 0.382. The topological polar surface area (TPSA) is 17.1 Å². The molecule has 6 aliphatic rings. The fraction of sp³-hybridized carbons (Fsp3) is 0.848. The molecule has 0 aromatic heterocycles. The summed E-state index contributed by atoms with van der Waals surface area (Å²) in [5, 5.41) is 0. The smallest absolute Gasteiger partial charge is 0.133 e. The van der Waals surface area contributed by atoms with Crippen molar-refractivity contribution in [3.05, 3.63) is 24.3 Å². The number of allylic oxidation sites excluding steroid dienone is 2. The Morgan fingerprint density at radius 3 is 1.53 bits per heavy atom. The van der Waals surface area contributed by atoms with Crippen LogP contribution < -0.4 is 0 Å². The molecule has 10 unspecified atom stereocenters. The Kier molecular flexibility index (Phi) is 4.94. The Labute approximate surface area is 209 Å². The minimum atomic E-state index is 0.306. The highest BCUT2D eigenvalue weighted by Crippen LogP contribution is 2.75. The van der Waals surface area contributed by atoms with Crippen LogP contribution in [0.2, 0.25) is 0 Å². The molecule has 6 saturated carbocycles. The van der Waals surface area contributed by atoms with Gasteiger partial charge in [0.25, 0.3) is 0 Å². The Balaban J connectivity index is 1.22. The molecule has 6 rings (SSSR count). The Morgan fingerprint density at radius 1 is 0.765 bits per heavy atom. The molecular formula is C33H50O. The molecular weight excluding hydrogens is 412 g/mol. The van der Waals surface area contributed by atoms with Gasteiger partial charge in [-0.05, 0) is 120 Å². The van der Waals surface area contributed by atoms with E-state index in [1.54, 1.807) is 0 Å². The van der Waals surface area contributed by atoms with E-state index in [9.17, 15) is 4.79 Å². The maximum absolute atomic E-state index is 13.8. The van der Waals surface area contributed by atoms with Gasteiger partial charge in [0.15, 0.2) is 0 Å². The molecule has 0 radical (unpaired) electrons. The van der Waals surface area contributed by atoms with E-state index in [0.717, 1.165) is 24.7 Å². The van der Waals surface area contributed by atoms with Crippen LogP contribution in [0.1, 0.15) is 106 Å². The number of Topliss-reactive ketones (excluding diaryl/α,β-unsaturated/α-hetero) is 1. The van der Waals surface area contributed by atoms with Gasteiger partial charge >= 0.3 is 0 Å². The molecule has 0 N–H and O–H groups in total. The number of ketones is 1. The summed E-state index contributed by atoms with van der Waals surface area (Å²) in [4.78, 5) is 13.8. The van der Waals surface area contributed by atoms with Gasteiger partial charge < -0.3 is 0 Å². The van der Waals surface area contributed by atoms with Crippen LogP contribution in [0.25, 0.3) is 0 Å². The molecule has 6 aliphatic carbocycles. The van der Waals surface area contributed by atoms with Gasteiger partial charge in [-0.1, -0.05) is 65.8 Å². The zero-order valence-corrected chi connectivity index (χ0v) is 23.0. The van der Waals surface area contributed by atoms with Gasteiger partial charge in [0, 0.05) is 12.8 Å². The SMILES string of the molecule is C=C1CCC23CC1C(C)(C)C2C(CC(=O)CC1CC(C)C24CCC(=C)C(C2)C(C)(C)C14)CC3C. The third kappa shape index (κ3) is 2.77. The molecule has 0 heterocycles. The first-order valence-corrected chi connectivity index (χ1v) is 14.7. The van der Waals surface area contributed by atoms with Gasteiger partial charge in [0.2, 0.25) is 0 Å². The van der Waals surface area contributed by atoms with E-state index < -0.39 is 0 Å². The van der Waals surface area contributed by atoms with Gasteiger partial charge in [-0.15, -0.1) is 0 Å². The summed E-state index contributed by atoms with van der Waals surface area (Å²) in [6.07, 6.45) is 12.0. The first-order valence-electron chi connectivity index (χ1n) is 14.7. The minimum absolute atomic E-state index is 0.306. The predicted molar refractivity (Wildman–Crippen MR) is 141 cm³/mol. The van der Waals surface area contributed by atoms with Crippen molar-refractivity contribution < 1.29 is 4.79 Å². The molecule has 1 heteroatoms. The lowest BCUT2D eigenvalue weighted by molar-refractivity contribution is -0.122. The van der Waals surface area contributed by atoms with Crippen LogP contribution in [0.3, 0.4) is 0 Å². The minimum Gasteiger partial charge on any atom is -0.300 e. The summed E-state index contributed by atoms with van der Waals surface area (Å²) in [7, 11) is 0. The molecule has 10 atom stereocenters. The summed E-state index contributed by atoms with van der Waals surface area (Å²) in [6.45, 7) is 24.1. The fourth-order valence-electron chi connectivity index (χ4n) is 12.8. The van der Waals surface area contributed by atoms with Gasteiger partial charge in [-0.25, -0.2) is 0 Å². The molecule has 0 aromatic rings. The van der Waals surface area contributed by atoms with E-state index in [4.69, 9.17) is 0 Å². The monoisotopic (exact) mass is 462 g/mol. The Bertz CT molecular complexity index is 862. The normalized spacial score (nSPS) is 52.1. The average Bonchev–Trinajstić information content (AvgIpc) is 3.31.